The fourth-order valence-electron chi connectivity index (χ4n) is 3.33. The van der Waals surface area contributed by atoms with Crippen LogP contribution in [0, 0.1) is 5.92 Å². The van der Waals surface area contributed by atoms with Crippen molar-refractivity contribution in [1.82, 2.24) is 9.80 Å². The molecule has 7 heteroatoms. The molecule has 3 rings (SSSR count). The number of rotatable bonds is 5. The van der Waals surface area contributed by atoms with Crippen molar-refractivity contribution in [3.8, 4) is 0 Å². The molecule has 1 aromatic heterocycles. The molecule has 1 aromatic carbocycles. The van der Waals surface area contributed by atoms with E-state index in [1.54, 1.807) is 26.1 Å². The highest BCUT2D eigenvalue weighted by Crippen LogP contribution is 2.26. The Bertz CT molecular complexity index is 846. The molecule has 0 saturated carbocycles. The number of carbonyl (C=O) groups is 3. The van der Waals surface area contributed by atoms with Crippen LogP contribution >= 0.6 is 0 Å². The predicted octanol–water partition coefficient (Wildman–Crippen LogP) is 2.03. The van der Waals surface area contributed by atoms with Gasteiger partial charge in [-0.3, -0.25) is 14.4 Å². The standard InChI is InChI=1S/C20H22N2O5/c1-13(20(25)26)11-21(2)18(23)16-10-14-6-3-4-7-15(14)12-22(16)19(24)17-8-5-9-27-17/h3-9,13,16H,10-12H2,1-2H3,(H,25,26). The smallest absolute Gasteiger partial charge is 0.308 e. The minimum atomic E-state index is -0.966. The first-order chi connectivity index (χ1) is 12.9. The van der Waals surface area contributed by atoms with E-state index in [4.69, 9.17) is 9.52 Å². The summed E-state index contributed by atoms with van der Waals surface area (Å²) in [5.41, 5.74) is 2.00. The number of nitrogens with zero attached hydrogens (tertiary/aromatic N) is 2. The highest BCUT2D eigenvalue weighted by Gasteiger charge is 2.37. The van der Waals surface area contributed by atoms with Crippen LogP contribution < -0.4 is 0 Å². The van der Waals surface area contributed by atoms with Gasteiger partial charge in [-0.2, -0.15) is 0 Å². The first-order valence-corrected chi connectivity index (χ1v) is 8.77. The molecular formula is C20H22N2O5. The number of fused-ring (bicyclic) bond motifs is 1. The number of carbonyl (C=O) groups excluding carboxylic acids is 2. The molecule has 2 unspecified atom stereocenters. The second-order valence-electron chi connectivity index (χ2n) is 6.86. The first-order valence-electron chi connectivity index (χ1n) is 8.77. The van der Waals surface area contributed by atoms with E-state index < -0.39 is 17.9 Å². The lowest BCUT2D eigenvalue weighted by Gasteiger charge is -2.37. The summed E-state index contributed by atoms with van der Waals surface area (Å²) in [5, 5.41) is 9.10. The highest BCUT2D eigenvalue weighted by molar-refractivity contribution is 5.96. The van der Waals surface area contributed by atoms with Crippen LogP contribution in [0.5, 0.6) is 0 Å². The zero-order valence-corrected chi connectivity index (χ0v) is 15.3. The summed E-state index contributed by atoms with van der Waals surface area (Å²) in [5.74, 6) is -2.12. The number of hydrogen-bond donors (Lipinski definition) is 1. The fraction of sp³-hybridized carbons (Fsp3) is 0.350. The third-order valence-electron chi connectivity index (χ3n) is 4.87. The van der Waals surface area contributed by atoms with Gasteiger partial charge in [0.2, 0.25) is 5.91 Å². The van der Waals surface area contributed by atoms with Gasteiger partial charge in [-0.15, -0.1) is 0 Å². The van der Waals surface area contributed by atoms with Crippen LogP contribution in [0.4, 0.5) is 0 Å². The maximum Gasteiger partial charge on any atom is 0.308 e. The molecule has 1 N–H and O–H groups in total. The van der Waals surface area contributed by atoms with E-state index in [-0.39, 0.29) is 24.1 Å². The molecule has 7 nitrogen and oxygen atoms in total. The number of aliphatic carboxylic acids is 1. The van der Waals surface area contributed by atoms with Gasteiger partial charge in [0.1, 0.15) is 6.04 Å². The van der Waals surface area contributed by atoms with Crippen LogP contribution in [-0.4, -0.2) is 52.3 Å². The van der Waals surface area contributed by atoms with Crippen LogP contribution in [0.1, 0.15) is 28.6 Å². The van der Waals surface area contributed by atoms with Crippen LogP contribution in [0.3, 0.4) is 0 Å². The quantitative estimate of drug-likeness (QED) is 0.870. The van der Waals surface area contributed by atoms with Crippen molar-refractivity contribution < 1.29 is 23.9 Å². The minimum Gasteiger partial charge on any atom is -0.481 e. The van der Waals surface area contributed by atoms with Gasteiger partial charge in [-0.1, -0.05) is 31.2 Å². The molecular weight excluding hydrogens is 348 g/mol. The van der Waals surface area contributed by atoms with Gasteiger partial charge in [-0.05, 0) is 23.3 Å². The third kappa shape index (κ3) is 3.86. The molecule has 27 heavy (non-hydrogen) atoms. The molecule has 0 bridgehead atoms. The Morgan fingerprint density at radius 1 is 1.22 bits per heavy atom. The van der Waals surface area contributed by atoms with Crippen molar-refractivity contribution in [3.05, 3.63) is 59.5 Å². The maximum atomic E-state index is 13.1. The van der Waals surface area contributed by atoms with E-state index in [9.17, 15) is 14.4 Å². The van der Waals surface area contributed by atoms with Gasteiger partial charge >= 0.3 is 5.97 Å². The topological polar surface area (TPSA) is 91.1 Å². The molecule has 0 fully saturated rings. The summed E-state index contributed by atoms with van der Waals surface area (Å²) in [6.45, 7) is 1.93. The Morgan fingerprint density at radius 3 is 2.56 bits per heavy atom. The Morgan fingerprint density at radius 2 is 1.93 bits per heavy atom. The fourth-order valence-corrected chi connectivity index (χ4v) is 3.33. The number of furan rings is 1. The second-order valence-corrected chi connectivity index (χ2v) is 6.86. The molecule has 2 heterocycles. The molecule has 1 aliphatic rings. The molecule has 2 amide bonds. The number of carboxylic acids is 1. The molecule has 142 valence electrons. The van der Waals surface area contributed by atoms with Crippen LogP contribution in [-0.2, 0) is 22.6 Å². The lowest BCUT2D eigenvalue weighted by atomic mass is 9.92. The van der Waals surface area contributed by atoms with Gasteiger partial charge in [0.15, 0.2) is 5.76 Å². The highest BCUT2D eigenvalue weighted by atomic mass is 16.4. The minimum absolute atomic E-state index is 0.0785. The summed E-state index contributed by atoms with van der Waals surface area (Å²) >= 11 is 0. The van der Waals surface area contributed by atoms with Crippen molar-refractivity contribution in [2.24, 2.45) is 5.92 Å². The monoisotopic (exact) mass is 370 g/mol. The van der Waals surface area contributed by atoms with Crippen LogP contribution in [0.25, 0.3) is 0 Å². The molecule has 0 saturated heterocycles. The number of benzene rings is 1. The predicted molar refractivity (Wildman–Crippen MR) is 97.0 cm³/mol. The summed E-state index contributed by atoms with van der Waals surface area (Å²) in [4.78, 5) is 40.0. The third-order valence-corrected chi connectivity index (χ3v) is 4.87. The van der Waals surface area contributed by atoms with E-state index in [1.165, 1.54) is 16.1 Å². The van der Waals surface area contributed by atoms with E-state index in [0.717, 1.165) is 11.1 Å². The van der Waals surface area contributed by atoms with Gasteiger partial charge < -0.3 is 19.3 Å². The van der Waals surface area contributed by atoms with Crippen molar-refractivity contribution in [2.75, 3.05) is 13.6 Å². The molecule has 0 radical (unpaired) electrons. The Kier molecular flexibility index (Phi) is 5.30. The first kappa shape index (κ1) is 18.7. The van der Waals surface area contributed by atoms with E-state index in [0.29, 0.717) is 13.0 Å². The van der Waals surface area contributed by atoms with Gasteiger partial charge in [0.05, 0.1) is 12.2 Å². The average molecular weight is 370 g/mol. The van der Waals surface area contributed by atoms with Crippen LogP contribution in [0.15, 0.2) is 47.1 Å². The van der Waals surface area contributed by atoms with Crippen molar-refractivity contribution in [1.29, 1.82) is 0 Å². The normalized spacial score (nSPS) is 17.1. The Hall–Kier alpha value is -3.09. The number of likely N-dealkylation sites (N-methyl/N-ethyl adjacent to an activating group) is 1. The SMILES string of the molecule is CC(CN(C)C(=O)C1Cc2ccccc2CN1C(=O)c1ccco1)C(=O)O. The number of hydrogen-bond acceptors (Lipinski definition) is 4. The lowest BCUT2D eigenvalue weighted by Crippen LogP contribution is -2.53. The average Bonchev–Trinajstić information content (AvgIpc) is 3.20. The van der Waals surface area contributed by atoms with E-state index >= 15 is 0 Å². The Balaban J connectivity index is 1.88. The van der Waals surface area contributed by atoms with Crippen molar-refractivity contribution in [3.63, 3.8) is 0 Å². The van der Waals surface area contributed by atoms with Crippen LogP contribution in [0.2, 0.25) is 0 Å². The van der Waals surface area contributed by atoms with Crippen molar-refractivity contribution in [2.45, 2.75) is 25.9 Å². The summed E-state index contributed by atoms with van der Waals surface area (Å²) < 4.78 is 5.23. The zero-order valence-electron chi connectivity index (χ0n) is 15.3. The lowest BCUT2D eigenvalue weighted by molar-refractivity contribution is -0.143. The van der Waals surface area contributed by atoms with Gasteiger partial charge in [-0.25, -0.2) is 0 Å². The molecule has 1 aliphatic heterocycles. The molecule has 0 aliphatic carbocycles. The number of carboxylic acid groups (broad SMARTS) is 1. The summed E-state index contributed by atoms with van der Waals surface area (Å²) in [6.07, 6.45) is 1.80. The second kappa shape index (κ2) is 7.65. The summed E-state index contributed by atoms with van der Waals surface area (Å²) in [7, 11) is 1.57. The zero-order chi connectivity index (χ0) is 19.6. The van der Waals surface area contributed by atoms with E-state index in [2.05, 4.69) is 0 Å². The molecule has 2 atom stereocenters. The Labute approximate surface area is 157 Å². The molecule has 0 spiro atoms. The van der Waals surface area contributed by atoms with Gasteiger partial charge in [0, 0.05) is 26.6 Å². The summed E-state index contributed by atoms with van der Waals surface area (Å²) in [6, 6.07) is 10.2. The largest absolute Gasteiger partial charge is 0.481 e. The van der Waals surface area contributed by atoms with Gasteiger partial charge in [0.25, 0.3) is 5.91 Å². The number of amides is 2. The van der Waals surface area contributed by atoms with Crippen molar-refractivity contribution >= 4 is 17.8 Å². The maximum absolute atomic E-state index is 13.1. The molecule has 2 aromatic rings. The van der Waals surface area contributed by atoms with E-state index in [1.807, 2.05) is 24.3 Å².